The van der Waals surface area contributed by atoms with Gasteiger partial charge in [0, 0.05) is 34.3 Å². The van der Waals surface area contributed by atoms with Gasteiger partial charge >= 0.3 is 0 Å². The van der Waals surface area contributed by atoms with E-state index in [1.807, 2.05) is 23.7 Å². The molecule has 0 amide bonds. The molecule has 0 fully saturated rings. The summed E-state index contributed by atoms with van der Waals surface area (Å²) in [5, 5.41) is 3.40. The van der Waals surface area contributed by atoms with E-state index in [2.05, 4.69) is 42.3 Å². The van der Waals surface area contributed by atoms with Crippen LogP contribution in [-0.2, 0) is 6.54 Å². The van der Waals surface area contributed by atoms with Crippen molar-refractivity contribution >= 4 is 11.3 Å². The van der Waals surface area contributed by atoms with Crippen LogP contribution in [0.5, 0.6) is 0 Å². The van der Waals surface area contributed by atoms with Crippen LogP contribution in [0.15, 0.2) is 30.6 Å². The van der Waals surface area contributed by atoms with Crippen LogP contribution in [0.3, 0.4) is 0 Å². The monoisotopic (exact) mass is 246 g/mol. The first-order valence-electron chi connectivity index (χ1n) is 6.01. The molecule has 0 atom stereocenters. The molecule has 0 bridgehead atoms. The zero-order valence-electron chi connectivity index (χ0n) is 10.4. The normalized spacial score (nSPS) is 10.7. The second-order valence-corrected chi connectivity index (χ2v) is 5.46. The molecule has 90 valence electrons. The highest BCUT2D eigenvalue weighted by atomic mass is 32.1. The van der Waals surface area contributed by atoms with E-state index in [1.165, 1.54) is 20.9 Å². The van der Waals surface area contributed by atoms with E-state index in [0.717, 1.165) is 19.5 Å². The minimum atomic E-state index is 0.902. The smallest absolute Gasteiger partial charge is 0.0361 e. The van der Waals surface area contributed by atoms with E-state index in [9.17, 15) is 0 Å². The first kappa shape index (κ1) is 12.3. The van der Waals surface area contributed by atoms with Crippen molar-refractivity contribution < 1.29 is 0 Å². The summed E-state index contributed by atoms with van der Waals surface area (Å²) in [6, 6.07) is 6.54. The summed E-state index contributed by atoms with van der Waals surface area (Å²) in [6.45, 7) is 6.27. The largest absolute Gasteiger partial charge is 0.313 e. The third-order valence-corrected chi connectivity index (χ3v) is 3.63. The maximum atomic E-state index is 4.32. The Bertz CT molecular complexity index is 477. The van der Waals surface area contributed by atoms with Gasteiger partial charge in [-0.05, 0) is 43.7 Å². The number of nitrogens with one attached hydrogen (secondary N) is 1. The van der Waals surface area contributed by atoms with Crippen LogP contribution in [0.4, 0.5) is 0 Å². The Balaban J connectivity index is 2.11. The quantitative estimate of drug-likeness (QED) is 0.815. The average Bonchev–Trinajstić information content (AvgIpc) is 2.77. The number of aromatic nitrogens is 1. The second-order valence-electron chi connectivity index (χ2n) is 4.17. The van der Waals surface area contributed by atoms with Crippen molar-refractivity contribution in [3.63, 3.8) is 0 Å². The molecule has 2 heterocycles. The van der Waals surface area contributed by atoms with Crippen LogP contribution in [0, 0.1) is 6.92 Å². The van der Waals surface area contributed by atoms with Crippen LogP contribution in [0.1, 0.15) is 23.8 Å². The first-order valence-corrected chi connectivity index (χ1v) is 6.82. The number of hydrogen-bond acceptors (Lipinski definition) is 3. The van der Waals surface area contributed by atoms with Gasteiger partial charge in [-0.1, -0.05) is 6.92 Å². The van der Waals surface area contributed by atoms with Crippen molar-refractivity contribution in [2.45, 2.75) is 26.8 Å². The number of rotatable bonds is 5. The highest BCUT2D eigenvalue weighted by molar-refractivity contribution is 7.15. The third-order valence-electron chi connectivity index (χ3n) is 2.58. The fourth-order valence-electron chi connectivity index (χ4n) is 1.72. The Morgan fingerprint density at radius 3 is 2.88 bits per heavy atom. The Hall–Kier alpha value is -1.19. The predicted octanol–water partition coefficient (Wildman–Crippen LogP) is 3.62. The molecule has 3 heteroatoms. The lowest BCUT2D eigenvalue weighted by Gasteiger charge is -2.04. The molecule has 2 aromatic rings. The van der Waals surface area contributed by atoms with Gasteiger partial charge in [0.1, 0.15) is 0 Å². The van der Waals surface area contributed by atoms with Gasteiger partial charge in [0.15, 0.2) is 0 Å². The second kappa shape index (κ2) is 5.94. The molecule has 0 aliphatic carbocycles. The van der Waals surface area contributed by atoms with Crippen molar-refractivity contribution in [2.75, 3.05) is 6.54 Å². The van der Waals surface area contributed by atoms with Gasteiger partial charge in [0.05, 0.1) is 0 Å². The Labute approximate surface area is 107 Å². The van der Waals surface area contributed by atoms with Crippen LogP contribution >= 0.6 is 11.3 Å². The van der Waals surface area contributed by atoms with E-state index in [0.29, 0.717) is 0 Å². The Morgan fingerprint density at radius 1 is 1.29 bits per heavy atom. The Morgan fingerprint density at radius 2 is 2.18 bits per heavy atom. The predicted molar refractivity (Wildman–Crippen MR) is 74.3 cm³/mol. The van der Waals surface area contributed by atoms with Gasteiger partial charge < -0.3 is 5.32 Å². The molecular formula is C14H18N2S. The summed E-state index contributed by atoms with van der Waals surface area (Å²) >= 11 is 1.82. The topological polar surface area (TPSA) is 24.9 Å². The molecule has 1 N–H and O–H groups in total. The number of aryl methyl sites for hydroxylation is 1. The minimum absolute atomic E-state index is 0.902. The van der Waals surface area contributed by atoms with Crippen LogP contribution in [0.2, 0.25) is 0 Å². The fourth-order valence-corrected chi connectivity index (χ4v) is 2.57. The number of nitrogens with zero attached hydrogens (tertiary/aromatic N) is 1. The zero-order chi connectivity index (χ0) is 12.1. The molecule has 0 spiro atoms. The molecule has 2 aromatic heterocycles. The number of thiophene rings is 1. The van der Waals surface area contributed by atoms with Crippen molar-refractivity contribution in [2.24, 2.45) is 0 Å². The van der Waals surface area contributed by atoms with Crippen molar-refractivity contribution in [1.82, 2.24) is 10.3 Å². The van der Waals surface area contributed by atoms with Gasteiger partial charge in [-0.2, -0.15) is 0 Å². The van der Waals surface area contributed by atoms with Gasteiger partial charge in [0.25, 0.3) is 0 Å². The molecule has 0 radical (unpaired) electrons. The lowest BCUT2D eigenvalue weighted by atomic mass is 10.2. The van der Waals surface area contributed by atoms with E-state index < -0.39 is 0 Å². The Kier molecular flexibility index (Phi) is 4.29. The maximum Gasteiger partial charge on any atom is 0.0361 e. The molecule has 17 heavy (non-hydrogen) atoms. The first-order chi connectivity index (χ1) is 8.29. The van der Waals surface area contributed by atoms with Crippen LogP contribution < -0.4 is 5.32 Å². The molecule has 0 aliphatic rings. The van der Waals surface area contributed by atoms with Crippen molar-refractivity contribution in [3.05, 3.63) is 41.0 Å². The van der Waals surface area contributed by atoms with E-state index in [1.54, 1.807) is 0 Å². The molecular weight excluding hydrogens is 228 g/mol. The fraction of sp³-hybridized carbons (Fsp3) is 0.357. The van der Waals surface area contributed by atoms with Crippen LogP contribution in [0.25, 0.3) is 10.4 Å². The summed E-state index contributed by atoms with van der Waals surface area (Å²) < 4.78 is 0. The van der Waals surface area contributed by atoms with Crippen molar-refractivity contribution in [3.8, 4) is 10.4 Å². The summed E-state index contributed by atoms with van der Waals surface area (Å²) in [6.07, 6.45) is 5.04. The van der Waals surface area contributed by atoms with Gasteiger partial charge in [0.2, 0.25) is 0 Å². The minimum Gasteiger partial charge on any atom is -0.313 e. The summed E-state index contributed by atoms with van der Waals surface area (Å²) in [5.74, 6) is 0. The summed E-state index contributed by atoms with van der Waals surface area (Å²) in [5.41, 5.74) is 2.47. The van der Waals surface area contributed by atoms with Crippen molar-refractivity contribution in [1.29, 1.82) is 0 Å². The lowest BCUT2D eigenvalue weighted by molar-refractivity contribution is 0.674. The standard InChI is InChI=1S/C14H18N2S/c1-3-6-15-8-12-7-13(10-16-9-12)14-5-4-11(2)17-14/h4-5,7,9-10,15H,3,6,8H2,1-2H3. The SMILES string of the molecule is CCCNCc1cncc(-c2ccc(C)s2)c1. The van der Waals surface area contributed by atoms with Gasteiger partial charge in [-0.25, -0.2) is 0 Å². The molecule has 0 saturated carbocycles. The molecule has 2 nitrogen and oxygen atoms in total. The molecule has 0 aromatic carbocycles. The maximum absolute atomic E-state index is 4.32. The highest BCUT2D eigenvalue weighted by Crippen LogP contribution is 2.27. The molecule has 2 rings (SSSR count). The number of hydrogen-bond donors (Lipinski definition) is 1. The third kappa shape index (κ3) is 3.38. The molecule has 0 saturated heterocycles. The lowest BCUT2D eigenvalue weighted by Crippen LogP contribution is -2.13. The van der Waals surface area contributed by atoms with Gasteiger partial charge in [-0.15, -0.1) is 11.3 Å². The summed E-state index contributed by atoms with van der Waals surface area (Å²) in [4.78, 5) is 6.96. The summed E-state index contributed by atoms with van der Waals surface area (Å²) in [7, 11) is 0. The van der Waals surface area contributed by atoms with Crippen LogP contribution in [-0.4, -0.2) is 11.5 Å². The average molecular weight is 246 g/mol. The van der Waals surface area contributed by atoms with E-state index >= 15 is 0 Å². The van der Waals surface area contributed by atoms with E-state index in [-0.39, 0.29) is 0 Å². The number of pyridine rings is 1. The molecule has 0 unspecified atom stereocenters. The molecule has 0 aliphatic heterocycles. The zero-order valence-corrected chi connectivity index (χ0v) is 11.2. The highest BCUT2D eigenvalue weighted by Gasteiger charge is 2.02. The van der Waals surface area contributed by atoms with Gasteiger partial charge in [-0.3, -0.25) is 4.98 Å². The van der Waals surface area contributed by atoms with E-state index in [4.69, 9.17) is 0 Å².